The van der Waals surface area contributed by atoms with Gasteiger partial charge in [-0.05, 0) is 25.2 Å². The molecule has 1 aliphatic carbocycles. The Kier molecular flexibility index (Phi) is 5.29. The first-order chi connectivity index (χ1) is 8.87. The fourth-order valence-corrected chi connectivity index (χ4v) is 2.94. The van der Waals surface area contributed by atoms with E-state index in [1.54, 1.807) is 11.9 Å². The van der Waals surface area contributed by atoms with Gasteiger partial charge < -0.3 is 16.0 Å². The van der Waals surface area contributed by atoms with Crippen LogP contribution >= 0.6 is 12.2 Å². The molecule has 0 saturated heterocycles. The Balaban J connectivity index is 2.85. The van der Waals surface area contributed by atoms with Crippen LogP contribution in [0.5, 0.6) is 0 Å². The highest BCUT2D eigenvalue weighted by Crippen LogP contribution is 2.47. The fraction of sp³-hybridized carbons (Fsp3) is 0.769. The van der Waals surface area contributed by atoms with Crippen molar-refractivity contribution in [2.75, 3.05) is 20.1 Å². The molecule has 0 aromatic heterocycles. The number of carbonyl (C=O) groups excluding carboxylic acids is 2. The molecule has 0 unspecified atom stereocenters. The van der Waals surface area contributed by atoms with Crippen molar-refractivity contribution in [3.8, 4) is 0 Å². The highest BCUT2D eigenvalue weighted by molar-refractivity contribution is 7.80. The van der Waals surface area contributed by atoms with Gasteiger partial charge in [0, 0.05) is 13.6 Å². The number of nitrogens with zero attached hydrogens (tertiary/aromatic N) is 1. The number of carbonyl (C=O) groups is 2. The van der Waals surface area contributed by atoms with E-state index >= 15 is 0 Å². The first-order valence-corrected chi connectivity index (χ1v) is 7.08. The molecule has 0 heterocycles. The number of likely N-dealkylation sites (N-methyl/N-ethyl adjacent to an activating group) is 1. The summed E-state index contributed by atoms with van der Waals surface area (Å²) in [6.45, 7) is 4.67. The van der Waals surface area contributed by atoms with Crippen LogP contribution in [-0.4, -0.2) is 41.8 Å². The number of hydrogen-bond acceptors (Lipinski definition) is 3. The second-order valence-corrected chi connectivity index (χ2v) is 5.80. The molecule has 5 nitrogen and oxygen atoms in total. The quantitative estimate of drug-likeness (QED) is 0.704. The Morgan fingerprint density at radius 3 is 2.42 bits per heavy atom. The second-order valence-electron chi connectivity index (χ2n) is 5.36. The van der Waals surface area contributed by atoms with Gasteiger partial charge in [-0.2, -0.15) is 0 Å². The molecule has 1 rings (SSSR count). The molecule has 0 aromatic rings. The van der Waals surface area contributed by atoms with E-state index < -0.39 is 5.41 Å². The van der Waals surface area contributed by atoms with Gasteiger partial charge in [0.1, 0.15) is 0 Å². The predicted octanol–water partition coefficient (Wildman–Crippen LogP) is 0.673. The molecule has 19 heavy (non-hydrogen) atoms. The van der Waals surface area contributed by atoms with E-state index in [-0.39, 0.29) is 23.3 Å². The van der Waals surface area contributed by atoms with Crippen molar-refractivity contribution in [2.45, 2.75) is 33.1 Å². The van der Waals surface area contributed by atoms with Gasteiger partial charge in [-0.3, -0.25) is 9.59 Å². The summed E-state index contributed by atoms with van der Waals surface area (Å²) in [5, 5.41) is 2.54. The van der Waals surface area contributed by atoms with Crippen LogP contribution in [-0.2, 0) is 9.59 Å². The topological polar surface area (TPSA) is 75.4 Å². The fourth-order valence-electron chi connectivity index (χ4n) is 2.69. The largest absolute Gasteiger partial charge is 0.392 e. The lowest BCUT2D eigenvalue weighted by atomic mass is 9.61. The van der Waals surface area contributed by atoms with Crippen molar-refractivity contribution in [2.24, 2.45) is 17.1 Å². The summed E-state index contributed by atoms with van der Waals surface area (Å²) in [5.41, 5.74) is 5.05. The Morgan fingerprint density at radius 2 is 2.05 bits per heavy atom. The molecule has 108 valence electrons. The Hall–Kier alpha value is -1.17. The van der Waals surface area contributed by atoms with Crippen LogP contribution in [0.2, 0.25) is 0 Å². The minimum Gasteiger partial charge on any atom is -0.392 e. The first kappa shape index (κ1) is 15.9. The van der Waals surface area contributed by atoms with Crippen molar-refractivity contribution in [1.82, 2.24) is 10.2 Å². The molecule has 0 aliphatic heterocycles. The normalized spacial score (nSPS) is 25.3. The molecule has 0 bridgehead atoms. The zero-order chi connectivity index (χ0) is 14.6. The van der Waals surface area contributed by atoms with Gasteiger partial charge in [0.2, 0.25) is 11.8 Å². The van der Waals surface area contributed by atoms with Crippen LogP contribution in [0.4, 0.5) is 0 Å². The van der Waals surface area contributed by atoms with E-state index in [0.29, 0.717) is 25.3 Å². The molecule has 0 atom stereocenters. The standard InChI is InChI=1S/C13H23N3O2S/c1-4-5-16(8-10(17)15-3)12(18)13(11(14)19)6-9(2)7-13/h9H,4-8H2,1-3H3,(H2,14,19)(H,15,17). The van der Waals surface area contributed by atoms with E-state index in [1.165, 1.54) is 0 Å². The zero-order valence-electron chi connectivity index (χ0n) is 11.9. The summed E-state index contributed by atoms with van der Waals surface area (Å²) in [6, 6.07) is 0. The smallest absolute Gasteiger partial charge is 0.239 e. The number of nitrogens with two attached hydrogens (primary N) is 1. The predicted molar refractivity (Wildman–Crippen MR) is 78.6 cm³/mol. The third kappa shape index (κ3) is 3.23. The maximum Gasteiger partial charge on any atom is 0.239 e. The summed E-state index contributed by atoms with van der Waals surface area (Å²) < 4.78 is 0. The molecule has 1 aliphatic rings. The van der Waals surface area contributed by atoms with Crippen molar-refractivity contribution in [1.29, 1.82) is 0 Å². The van der Waals surface area contributed by atoms with Crippen molar-refractivity contribution >= 4 is 29.0 Å². The van der Waals surface area contributed by atoms with Crippen LogP contribution in [0.25, 0.3) is 0 Å². The maximum atomic E-state index is 12.7. The third-order valence-electron chi connectivity index (χ3n) is 3.67. The molecule has 1 fully saturated rings. The minimum atomic E-state index is -0.724. The van der Waals surface area contributed by atoms with Crippen molar-refractivity contribution in [3.63, 3.8) is 0 Å². The summed E-state index contributed by atoms with van der Waals surface area (Å²) in [4.78, 5) is 26.0. The van der Waals surface area contributed by atoms with E-state index in [4.69, 9.17) is 18.0 Å². The van der Waals surface area contributed by atoms with Crippen molar-refractivity contribution in [3.05, 3.63) is 0 Å². The minimum absolute atomic E-state index is 0.0713. The van der Waals surface area contributed by atoms with Gasteiger partial charge in [0.05, 0.1) is 16.9 Å². The van der Waals surface area contributed by atoms with Gasteiger partial charge in [-0.15, -0.1) is 0 Å². The van der Waals surface area contributed by atoms with Gasteiger partial charge in [0.15, 0.2) is 0 Å². The number of rotatable bonds is 6. The number of thiocarbonyl (C=S) groups is 1. The van der Waals surface area contributed by atoms with E-state index in [1.807, 2.05) is 6.92 Å². The number of amides is 2. The van der Waals surface area contributed by atoms with Gasteiger partial charge in [-0.25, -0.2) is 0 Å². The van der Waals surface area contributed by atoms with Crippen LogP contribution in [0.1, 0.15) is 33.1 Å². The first-order valence-electron chi connectivity index (χ1n) is 6.67. The molecule has 0 radical (unpaired) electrons. The lowest BCUT2D eigenvalue weighted by Crippen LogP contribution is -2.58. The average molecular weight is 285 g/mol. The SMILES string of the molecule is CCCN(CC(=O)NC)C(=O)C1(C(N)=S)CC(C)C1. The van der Waals surface area contributed by atoms with Crippen LogP contribution in [0.15, 0.2) is 0 Å². The Labute approximate surface area is 119 Å². The molecule has 0 aromatic carbocycles. The number of nitrogens with one attached hydrogen (secondary N) is 1. The molecule has 0 spiro atoms. The molecular weight excluding hydrogens is 262 g/mol. The van der Waals surface area contributed by atoms with Gasteiger partial charge >= 0.3 is 0 Å². The molecular formula is C13H23N3O2S. The summed E-state index contributed by atoms with van der Waals surface area (Å²) in [6.07, 6.45) is 2.18. The maximum absolute atomic E-state index is 12.7. The molecule has 1 saturated carbocycles. The van der Waals surface area contributed by atoms with Crippen LogP contribution in [0.3, 0.4) is 0 Å². The highest BCUT2D eigenvalue weighted by Gasteiger charge is 2.52. The second kappa shape index (κ2) is 6.32. The van der Waals surface area contributed by atoms with Gasteiger partial charge in [0.25, 0.3) is 0 Å². The summed E-state index contributed by atoms with van der Waals surface area (Å²) >= 11 is 5.09. The Bertz CT molecular complexity index is 378. The van der Waals surface area contributed by atoms with E-state index in [2.05, 4.69) is 12.2 Å². The van der Waals surface area contributed by atoms with Crippen molar-refractivity contribution < 1.29 is 9.59 Å². The van der Waals surface area contributed by atoms with E-state index in [0.717, 1.165) is 6.42 Å². The van der Waals surface area contributed by atoms with Crippen LogP contribution < -0.4 is 11.1 Å². The van der Waals surface area contributed by atoms with Gasteiger partial charge in [-0.1, -0.05) is 26.1 Å². The molecule has 3 N–H and O–H groups in total. The lowest BCUT2D eigenvalue weighted by molar-refractivity contribution is -0.146. The summed E-state index contributed by atoms with van der Waals surface area (Å²) in [5.74, 6) is 0.185. The average Bonchev–Trinajstić information content (AvgIpc) is 2.32. The molecule has 2 amide bonds. The number of hydrogen-bond donors (Lipinski definition) is 2. The third-order valence-corrected chi connectivity index (χ3v) is 4.06. The summed E-state index contributed by atoms with van der Waals surface area (Å²) in [7, 11) is 1.56. The molecule has 6 heteroatoms. The Morgan fingerprint density at radius 1 is 1.47 bits per heavy atom. The van der Waals surface area contributed by atoms with E-state index in [9.17, 15) is 9.59 Å². The highest BCUT2D eigenvalue weighted by atomic mass is 32.1. The monoisotopic (exact) mass is 285 g/mol. The zero-order valence-corrected chi connectivity index (χ0v) is 12.7. The van der Waals surface area contributed by atoms with Crippen LogP contribution in [0, 0.1) is 11.3 Å². The lowest BCUT2D eigenvalue weighted by Gasteiger charge is -2.46.